The van der Waals surface area contributed by atoms with E-state index in [9.17, 15) is 0 Å². The molecule has 0 unspecified atom stereocenters. The van der Waals surface area contributed by atoms with Crippen LogP contribution in [0.3, 0.4) is 0 Å². The molecule has 224 valence electrons. The fraction of sp³-hybridized carbons (Fsp3) is 0.571. The minimum Gasteiger partial charge on any atom is -1.00 e. The summed E-state index contributed by atoms with van der Waals surface area (Å²) in [6, 6.07) is 10.7. The first-order chi connectivity index (χ1) is 19.8. The number of methoxy groups -OCH3 is 1. The fourth-order valence-electron chi connectivity index (χ4n) is 6.18. The van der Waals surface area contributed by atoms with Crippen molar-refractivity contribution in [3.8, 4) is 34.3 Å². The van der Waals surface area contributed by atoms with Crippen molar-refractivity contribution in [2.75, 3.05) is 20.5 Å². The van der Waals surface area contributed by atoms with Crippen molar-refractivity contribution in [3.63, 3.8) is 0 Å². The predicted molar refractivity (Wildman–Crippen MR) is 162 cm³/mol. The van der Waals surface area contributed by atoms with Gasteiger partial charge in [-0.3, -0.25) is 0 Å². The summed E-state index contributed by atoms with van der Waals surface area (Å²) >= 11 is 0. The maximum absolute atomic E-state index is 6.39. The summed E-state index contributed by atoms with van der Waals surface area (Å²) in [6.07, 6.45) is 22.2. The smallest absolute Gasteiger partial charge is 0.231 e. The number of pyridine rings is 1. The first-order valence-electron chi connectivity index (χ1n) is 15.9. The molecule has 41 heavy (non-hydrogen) atoms. The maximum atomic E-state index is 6.39. The lowest BCUT2D eigenvalue weighted by atomic mass is 9.95. The van der Waals surface area contributed by atoms with Crippen LogP contribution in [0.15, 0.2) is 36.5 Å². The van der Waals surface area contributed by atoms with Crippen LogP contribution in [0.5, 0.6) is 23.0 Å². The molecule has 0 amide bonds. The van der Waals surface area contributed by atoms with Crippen LogP contribution in [0.25, 0.3) is 22.0 Å². The molecule has 0 radical (unpaired) electrons. The van der Waals surface area contributed by atoms with Gasteiger partial charge in [-0.2, -0.15) is 4.57 Å². The monoisotopic (exact) mass is 625 g/mol. The average Bonchev–Trinajstić information content (AvgIpc) is 3.44. The molecule has 0 atom stereocenters. The standard InChI is InChI=1S/C35H48NO4.BrH/c1-3-4-5-6-7-8-9-10-11-12-13-14-15-16-21-38-35-30-25-36-20-19-28-23-33-34(40-26-39-33)24-29(28)31(36)22-27(30)17-18-32(35)37-2;/h17-18,22-25H,3-16,19-21,26H2,1-2H3;1H/q+1;/p-1. The Labute approximate surface area is 257 Å². The van der Waals surface area contributed by atoms with Gasteiger partial charge >= 0.3 is 0 Å². The Morgan fingerprint density at radius 3 is 2.07 bits per heavy atom. The van der Waals surface area contributed by atoms with Gasteiger partial charge in [0.15, 0.2) is 35.7 Å². The Morgan fingerprint density at radius 1 is 0.780 bits per heavy atom. The minimum atomic E-state index is 0. The Balaban J connectivity index is 0.00000387. The average molecular weight is 627 g/mol. The van der Waals surface area contributed by atoms with Crippen molar-refractivity contribution in [2.45, 2.75) is 110 Å². The van der Waals surface area contributed by atoms with E-state index in [1.54, 1.807) is 7.11 Å². The molecule has 2 aliphatic rings. The first kappa shape index (κ1) is 31.5. The molecule has 2 aromatic carbocycles. The van der Waals surface area contributed by atoms with E-state index in [1.807, 2.05) is 6.07 Å². The number of unbranched alkanes of at least 4 members (excludes halogenated alkanes) is 13. The third-order valence-electron chi connectivity index (χ3n) is 8.54. The van der Waals surface area contributed by atoms with Crippen LogP contribution >= 0.6 is 0 Å². The van der Waals surface area contributed by atoms with Crippen LogP contribution in [0, 0.1) is 0 Å². The maximum Gasteiger partial charge on any atom is 0.231 e. The second-order valence-corrected chi connectivity index (χ2v) is 11.5. The molecule has 5 nitrogen and oxygen atoms in total. The Hall–Kier alpha value is -2.47. The number of ether oxygens (including phenoxy) is 4. The lowest BCUT2D eigenvalue weighted by molar-refractivity contribution is -0.686. The van der Waals surface area contributed by atoms with E-state index in [-0.39, 0.29) is 17.0 Å². The van der Waals surface area contributed by atoms with Gasteiger partial charge in [0.2, 0.25) is 12.5 Å². The van der Waals surface area contributed by atoms with Gasteiger partial charge in [-0.05, 0) is 41.6 Å². The lowest BCUT2D eigenvalue weighted by Gasteiger charge is -2.18. The Morgan fingerprint density at radius 2 is 1.41 bits per heavy atom. The van der Waals surface area contributed by atoms with E-state index in [0.29, 0.717) is 6.79 Å². The van der Waals surface area contributed by atoms with Gasteiger partial charge < -0.3 is 35.9 Å². The normalized spacial score (nSPS) is 13.0. The number of aromatic nitrogens is 1. The topological polar surface area (TPSA) is 40.8 Å². The lowest BCUT2D eigenvalue weighted by Crippen LogP contribution is -3.00. The van der Waals surface area contributed by atoms with E-state index >= 15 is 0 Å². The van der Waals surface area contributed by atoms with Crippen molar-refractivity contribution in [1.82, 2.24) is 0 Å². The van der Waals surface area contributed by atoms with Gasteiger partial charge in [-0.1, -0.05) is 90.4 Å². The number of hydrogen-bond acceptors (Lipinski definition) is 4. The first-order valence-corrected chi connectivity index (χ1v) is 15.9. The number of nitrogens with zero attached hydrogens (tertiary/aromatic N) is 1. The molecule has 3 aromatic rings. The van der Waals surface area contributed by atoms with E-state index < -0.39 is 0 Å². The highest BCUT2D eigenvalue weighted by atomic mass is 79.9. The molecule has 0 fully saturated rings. The third-order valence-corrected chi connectivity index (χ3v) is 8.54. The zero-order chi connectivity index (χ0) is 27.6. The molecule has 6 heteroatoms. The molecule has 0 saturated heterocycles. The molecule has 0 N–H and O–H groups in total. The van der Waals surface area contributed by atoms with Gasteiger partial charge in [0.05, 0.1) is 24.7 Å². The molecule has 0 saturated carbocycles. The third kappa shape index (κ3) is 8.09. The summed E-state index contributed by atoms with van der Waals surface area (Å²) in [5, 5.41) is 2.27. The molecule has 0 aliphatic carbocycles. The van der Waals surface area contributed by atoms with E-state index in [4.69, 9.17) is 18.9 Å². The van der Waals surface area contributed by atoms with E-state index in [2.05, 4.69) is 42.0 Å². The highest BCUT2D eigenvalue weighted by Gasteiger charge is 2.28. The number of hydrogen-bond donors (Lipinski definition) is 0. The van der Waals surface area contributed by atoms with Gasteiger partial charge in [0, 0.05) is 12.5 Å². The van der Waals surface area contributed by atoms with Crippen LogP contribution < -0.4 is 40.5 Å². The fourth-order valence-corrected chi connectivity index (χ4v) is 6.18. The Kier molecular flexibility index (Phi) is 12.5. The van der Waals surface area contributed by atoms with Gasteiger partial charge in [0.25, 0.3) is 0 Å². The van der Waals surface area contributed by atoms with Gasteiger partial charge in [0.1, 0.15) is 0 Å². The van der Waals surface area contributed by atoms with Crippen molar-refractivity contribution in [3.05, 3.63) is 42.1 Å². The largest absolute Gasteiger partial charge is 1.00 e. The SMILES string of the molecule is CCCCCCCCCCCCCCCCOc1c(OC)ccc2cc3[n+](cc12)CCc1cc2c(cc1-3)OCO2.[Br-]. The predicted octanol–water partition coefficient (Wildman–Crippen LogP) is 5.95. The van der Waals surface area contributed by atoms with Crippen LogP contribution in [0.4, 0.5) is 0 Å². The number of halogens is 1. The zero-order valence-electron chi connectivity index (χ0n) is 25.2. The van der Waals surface area contributed by atoms with E-state index in [1.165, 1.54) is 100 Å². The highest BCUT2D eigenvalue weighted by molar-refractivity contribution is 5.91. The van der Waals surface area contributed by atoms with Crippen LogP contribution in [-0.2, 0) is 13.0 Å². The number of fused-ring (bicyclic) bond motifs is 5. The van der Waals surface area contributed by atoms with Crippen LogP contribution in [0.1, 0.15) is 102 Å². The van der Waals surface area contributed by atoms with Crippen molar-refractivity contribution < 1.29 is 40.5 Å². The molecule has 5 rings (SSSR count). The molecule has 0 spiro atoms. The van der Waals surface area contributed by atoms with Crippen molar-refractivity contribution in [2.24, 2.45) is 0 Å². The van der Waals surface area contributed by atoms with Crippen LogP contribution in [-0.4, -0.2) is 20.5 Å². The summed E-state index contributed by atoms with van der Waals surface area (Å²) in [5.41, 5.74) is 3.74. The minimum absolute atomic E-state index is 0. The molecular weight excluding hydrogens is 578 g/mol. The summed E-state index contributed by atoms with van der Waals surface area (Å²) in [5.74, 6) is 3.36. The van der Waals surface area contributed by atoms with Crippen LogP contribution in [0.2, 0.25) is 0 Å². The van der Waals surface area contributed by atoms with Gasteiger partial charge in [-0.25, -0.2) is 0 Å². The zero-order valence-corrected chi connectivity index (χ0v) is 26.7. The highest BCUT2D eigenvalue weighted by Crippen LogP contribution is 2.41. The summed E-state index contributed by atoms with van der Waals surface area (Å²) in [7, 11) is 1.73. The van der Waals surface area contributed by atoms with Gasteiger partial charge in [-0.15, -0.1) is 0 Å². The Bertz CT molecular complexity index is 1260. The second kappa shape index (κ2) is 16.2. The second-order valence-electron chi connectivity index (χ2n) is 11.5. The molecule has 3 heterocycles. The molecule has 1 aromatic heterocycles. The number of benzene rings is 2. The van der Waals surface area contributed by atoms with Crippen molar-refractivity contribution in [1.29, 1.82) is 0 Å². The summed E-state index contributed by atoms with van der Waals surface area (Å²) in [6.45, 7) is 4.24. The van der Waals surface area contributed by atoms with Crippen molar-refractivity contribution >= 4 is 10.8 Å². The quantitative estimate of drug-likeness (QED) is 0.137. The molecular formula is C35H48BrNO4. The number of rotatable bonds is 17. The summed E-state index contributed by atoms with van der Waals surface area (Å²) < 4.78 is 25.7. The summed E-state index contributed by atoms with van der Waals surface area (Å²) in [4.78, 5) is 0. The van der Waals surface area contributed by atoms with E-state index in [0.717, 1.165) is 59.8 Å². The molecule has 0 bridgehead atoms. The molecule has 2 aliphatic heterocycles. The number of aryl methyl sites for hydroxylation is 2.